The molecule has 2 aromatic carbocycles. The van der Waals surface area contributed by atoms with E-state index in [1.54, 1.807) is 0 Å². The van der Waals surface area contributed by atoms with E-state index < -0.39 is 0 Å². The van der Waals surface area contributed by atoms with E-state index in [2.05, 4.69) is 99.8 Å². The summed E-state index contributed by atoms with van der Waals surface area (Å²) in [7, 11) is 0. The van der Waals surface area contributed by atoms with Crippen LogP contribution in [0.2, 0.25) is 0 Å². The molecule has 0 heterocycles. The molecule has 0 saturated heterocycles. The first-order valence-electron chi connectivity index (χ1n) is 9.24. The first-order chi connectivity index (χ1) is 12.7. The fourth-order valence-corrected chi connectivity index (χ4v) is 4.18. The maximum Gasteiger partial charge on any atom is 0.0710 e. The molecule has 0 nitrogen and oxygen atoms in total. The largest absolute Gasteiger partial charge is 0.0991 e. The number of rotatable bonds is 6. The number of benzene rings is 2. The quantitative estimate of drug-likeness (QED) is 0.490. The van der Waals surface area contributed by atoms with Gasteiger partial charge >= 0.3 is 0 Å². The first-order valence-corrected chi connectivity index (χ1v) is 9.24. The van der Waals surface area contributed by atoms with Crippen molar-refractivity contribution in [3.63, 3.8) is 0 Å². The third-order valence-corrected chi connectivity index (χ3v) is 5.18. The lowest BCUT2D eigenvalue weighted by Crippen LogP contribution is -2.29. The van der Waals surface area contributed by atoms with Crippen molar-refractivity contribution in [2.75, 3.05) is 0 Å². The van der Waals surface area contributed by atoms with Crippen LogP contribution in [0.5, 0.6) is 0 Å². The second-order valence-electron chi connectivity index (χ2n) is 6.46. The SMILES string of the molecule is C=C/C=C(\C=C)C1(C(/C=C\CC)=C/C)c2ccccc2-c2ccccc21. The average Bonchev–Trinajstić information content (AvgIpc) is 2.98. The van der Waals surface area contributed by atoms with Gasteiger partial charge in [-0.05, 0) is 46.7 Å². The minimum absolute atomic E-state index is 0.358. The topological polar surface area (TPSA) is 0 Å². The molecule has 0 unspecified atom stereocenters. The molecule has 1 aliphatic rings. The predicted octanol–water partition coefficient (Wildman–Crippen LogP) is 7.16. The zero-order chi connectivity index (χ0) is 18.6. The Kier molecular flexibility index (Phi) is 5.23. The highest BCUT2D eigenvalue weighted by molar-refractivity contribution is 5.87. The molecule has 2 aromatic rings. The highest BCUT2D eigenvalue weighted by Crippen LogP contribution is 2.56. The van der Waals surface area contributed by atoms with Gasteiger partial charge in [-0.3, -0.25) is 0 Å². The molecule has 0 bridgehead atoms. The van der Waals surface area contributed by atoms with Crippen LogP contribution < -0.4 is 0 Å². The second-order valence-corrected chi connectivity index (χ2v) is 6.46. The van der Waals surface area contributed by atoms with Crippen LogP contribution in [0.3, 0.4) is 0 Å². The van der Waals surface area contributed by atoms with Crippen LogP contribution >= 0.6 is 0 Å². The molecule has 0 N–H and O–H groups in total. The van der Waals surface area contributed by atoms with Gasteiger partial charge in [-0.15, -0.1) is 0 Å². The van der Waals surface area contributed by atoms with Crippen LogP contribution in [0.25, 0.3) is 11.1 Å². The Balaban J connectivity index is 2.49. The van der Waals surface area contributed by atoms with Crippen molar-refractivity contribution in [1.29, 1.82) is 0 Å². The molecule has 0 aromatic heterocycles. The van der Waals surface area contributed by atoms with E-state index in [0.29, 0.717) is 0 Å². The molecular formula is C26H26. The van der Waals surface area contributed by atoms with Gasteiger partial charge in [0.2, 0.25) is 0 Å². The van der Waals surface area contributed by atoms with Gasteiger partial charge in [0.05, 0.1) is 5.41 Å². The molecule has 26 heavy (non-hydrogen) atoms. The molecule has 0 atom stereocenters. The molecule has 0 aliphatic heterocycles. The summed E-state index contributed by atoms with van der Waals surface area (Å²) < 4.78 is 0. The number of hydrogen-bond acceptors (Lipinski definition) is 0. The van der Waals surface area contributed by atoms with E-state index in [1.165, 1.54) is 27.8 Å². The Morgan fingerprint density at radius 2 is 1.50 bits per heavy atom. The summed E-state index contributed by atoms with van der Waals surface area (Å²) in [4.78, 5) is 0. The minimum atomic E-state index is -0.358. The van der Waals surface area contributed by atoms with E-state index in [0.717, 1.165) is 12.0 Å². The van der Waals surface area contributed by atoms with Gasteiger partial charge in [0, 0.05) is 0 Å². The maximum absolute atomic E-state index is 4.14. The summed E-state index contributed by atoms with van der Waals surface area (Å²) in [6.45, 7) is 12.4. The first kappa shape index (κ1) is 17.9. The fraction of sp³-hybridized carbons (Fsp3) is 0.154. The summed E-state index contributed by atoms with van der Waals surface area (Å²) >= 11 is 0. The maximum atomic E-state index is 4.14. The third kappa shape index (κ3) is 2.54. The van der Waals surface area contributed by atoms with Gasteiger partial charge in [-0.1, -0.05) is 105 Å². The van der Waals surface area contributed by atoms with E-state index in [9.17, 15) is 0 Å². The summed E-state index contributed by atoms with van der Waals surface area (Å²) in [6, 6.07) is 17.4. The Morgan fingerprint density at radius 1 is 0.923 bits per heavy atom. The summed E-state index contributed by atoms with van der Waals surface area (Å²) in [5.74, 6) is 0. The summed E-state index contributed by atoms with van der Waals surface area (Å²) in [6.07, 6.45) is 13.7. The van der Waals surface area contributed by atoms with Crippen LogP contribution in [-0.2, 0) is 5.41 Å². The van der Waals surface area contributed by atoms with Gasteiger partial charge in [0.25, 0.3) is 0 Å². The van der Waals surface area contributed by atoms with E-state index in [-0.39, 0.29) is 5.41 Å². The molecular weight excluding hydrogens is 312 g/mol. The lowest BCUT2D eigenvalue weighted by Gasteiger charge is -2.35. The molecule has 0 radical (unpaired) electrons. The molecule has 0 fully saturated rings. The lowest BCUT2D eigenvalue weighted by molar-refractivity contribution is 0.763. The normalized spacial score (nSPS) is 15.6. The predicted molar refractivity (Wildman–Crippen MR) is 114 cm³/mol. The van der Waals surface area contributed by atoms with E-state index in [4.69, 9.17) is 0 Å². The zero-order valence-electron chi connectivity index (χ0n) is 15.7. The van der Waals surface area contributed by atoms with Crippen molar-refractivity contribution in [3.05, 3.63) is 120 Å². The summed E-state index contributed by atoms with van der Waals surface area (Å²) in [5, 5.41) is 0. The van der Waals surface area contributed by atoms with Crippen LogP contribution in [0, 0.1) is 0 Å². The van der Waals surface area contributed by atoms with Crippen molar-refractivity contribution in [1.82, 2.24) is 0 Å². The molecule has 0 heteroatoms. The highest BCUT2D eigenvalue weighted by Gasteiger charge is 2.46. The van der Waals surface area contributed by atoms with Gasteiger partial charge in [-0.2, -0.15) is 0 Å². The smallest absolute Gasteiger partial charge is 0.0710 e. The van der Waals surface area contributed by atoms with Crippen LogP contribution in [0.1, 0.15) is 31.4 Å². The van der Waals surface area contributed by atoms with Crippen molar-refractivity contribution >= 4 is 0 Å². The van der Waals surface area contributed by atoms with E-state index in [1.807, 2.05) is 12.2 Å². The Bertz CT molecular complexity index is 873. The summed E-state index contributed by atoms with van der Waals surface area (Å²) in [5.41, 5.74) is 7.27. The molecule has 0 saturated carbocycles. The fourth-order valence-electron chi connectivity index (χ4n) is 4.18. The zero-order valence-corrected chi connectivity index (χ0v) is 15.7. The minimum Gasteiger partial charge on any atom is -0.0991 e. The van der Waals surface area contributed by atoms with Gasteiger partial charge < -0.3 is 0 Å². The van der Waals surface area contributed by atoms with Crippen molar-refractivity contribution in [3.8, 4) is 11.1 Å². The molecule has 0 spiro atoms. The Morgan fingerprint density at radius 3 is 1.96 bits per heavy atom. The van der Waals surface area contributed by atoms with Gasteiger partial charge in [-0.25, -0.2) is 0 Å². The highest BCUT2D eigenvalue weighted by atomic mass is 14.5. The van der Waals surface area contributed by atoms with Crippen LogP contribution in [0.15, 0.2) is 109 Å². The Hall–Kier alpha value is -2.86. The Labute approximate surface area is 157 Å². The average molecular weight is 338 g/mol. The monoisotopic (exact) mass is 338 g/mol. The standard InChI is InChI=1S/C26H26/c1-5-9-15-21(8-4)26(20(7-3)14-6-2)24-18-12-10-16-22(24)23-17-11-13-19-25(23)26/h6-19H,2-3,5H2,1,4H3/b15-9-,20-14+,21-8+. The second kappa shape index (κ2) is 7.58. The van der Waals surface area contributed by atoms with Crippen LogP contribution in [-0.4, -0.2) is 0 Å². The van der Waals surface area contributed by atoms with Gasteiger partial charge in [0.15, 0.2) is 0 Å². The molecule has 3 rings (SSSR count). The molecule has 0 amide bonds. The number of fused-ring (bicyclic) bond motifs is 3. The van der Waals surface area contributed by atoms with E-state index >= 15 is 0 Å². The number of allylic oxidation sites excluding steroid dienone is 8. The number of hydrogen-bond donors (Lipinski definition) is 0. The van der Waals surface area contributed by atoms with Crippen molar-refractivity contribution < 1.29 is 0 Å². The lowest BCUT2D eigenvalue weighted by atomic mass is 9.66. The molecule has 130 valence electrons. The van der Waals surface area contributed by atoms with Crippen molar-refractivity contribution in [2.45, 2.75) is 25.7 Å². The van der Waals surface area contributed by atoms with Crippen LogP contribution in [0.4, 0.5) is 0 Å². The van der Waals surface area contributed by atoms with Gasteiger partial charge in [0.1, 0.15) is 0 Å². The third-order valence-electron chi connectivity index (χ3n) is 5.18. The van der Waals surface area contributed by atoms with Crippen molar-refractivity contribution in [2.24, 2.45) is 0 Å². The molecule has 1 aliphatic carbocycles.